The lowest BCUT2D eigenvalue weighted by Crippen LogP contribution is -2.64. The Morgan fingerprint density at radius 3 is 2.52 bits per heavy atom. The molecule has 4 nitrogen and oxygen atoms in total. The summed E-state index contributed by atoms with van der Waals surface area (Å²) < 4.78 is 5.37. The highest BCUT2D eigenvalue weighted by Crippen LogP contribution is 2.65. The van der Waals surface area contributed by atoms with Crippen molar-refractivity contribution in [1.29, 1.82) is 0 Å². The summed E-state index contributed by atoms with van der Waals surface area (Å²) in [5, 5.41) is 3.21. The summed E-state index contributed by atoms with van der Waals surface area (Å²) >= 11 is 0. The van der Waals surface area contributed by atoms with Crippen LogP contribution in [0, 0.1) is 34.5 Å². The van der Waals surface area contributed by atoms with Crippen LogP contribution < -0.4 is 5.32 Å². The zero-order valence-corrected chi connectivity index (χ0v) is 16.1. The number of carbonyl (C=O) groups excluding carboxylic acids is 2. The number of rotatable bonds is 1. The summed E-state index contributed by atoms with van der Waals surface area (Å²) in [5.41, 5.74) is 0.571. The Bertz CT molecular complexity index is 590. The van der Waals surface area contributed by atoms with E-state index in [1.54, 1.807) is 0 Å². The van der Waals surface area contributed by atoms with Crippen LogP contribution in [-0.2, 0) is 14.3 Å². The van der Waals surface area contributed by atoms with Crippen molar-refractivity contribution in [3.8, 4) is 0 Å². The predicted octanol–water partition coefficient (Wildman–Crippen LogP) is 3.69. The topological polar surface area (TPSA) is 55.4 Å². The molecule has 1 aliphatic heterocycles. The normalized spacial score (nSPS) is 51.8. The maximum atomic E-state index is 12.4. The number of hydrogen-bond acceptors (Lipinski definition) is 3. The van der Waals surface area contributed by atoms with Crippen LogP contribution in [0.25, 0.3) is 0 Å². The van der Waals surface area contributed by atoms with Crippen LogP contribution in [-0.4, -0.2) is 24.0 Å². The molecule has 4 heteroatoms. The summed E-state index contributed by atoms with van der Waals surface area (Å²) in [5.74, 6) is 2.65. The standard InChI is InChI=1S/C21H33NO3/c1-12-5-7-15-14-6-8-18-21(4,16(14)9-10-20(12,15)3)11-17(19(24)22-18)25-13(2)23/h12,14-18H,5-11H2,1-4H3,(H,22,24)/t12?,14-,15-,16+,17?,18?,20+,21+/m0/s1. The van der Waals surface area contributed by atoms with Gasteiger partial charge in [0.05, 0.1) is 0 Å². The fourth-order valence-corrected chi connectivity index (χ4v) is 7.30. The van der Waals surface area contributed by atoms with Crippen molar-refractivity contribution >= 4 is 11.9 Å². The SMILES string of the molecule is CC(=O)OC1C[C@@]2(C)C(CC[C@@H]3[C@H]2CC[C@]2(C)C(C)CC[C@@H]32)NC1=O. The molecule has 3 aliphatic carbocycles. The van der Waals surface area contributed by atoms with Crippen molar-refractivity contribution in [1.82, 2.24) is 5.32 Å². The van der Waals surface area contributed by atoms with E-state index in [1.807, 2.05) is 0 Å². The van der Waals surface area contributed by atoms with Gasteiger partial charge in [-0.1, -0.05) is 20.8 Å². The predicted molar refractivity (Wildman–Crippen MR) is 95.7 cm³/mol. The number of hydrogen-bond donors (Lipinski definition) is 1. The van der Waals surface area contributed by atoms with E-state index in [4.69, 9.17) is 4.74 Å². The number of carbonyl (C=O) groups is 2. The molecule has 1 heterocycles. The quantitative estimate of drug-likeness (QED) is 0.736. The minimum Gasteiger partial charge on any atom is -0.452 e. The largest absolute Gasteiger partial charge is 0.452 e. The number of nitrogens with one attached hydrogen (secondary N) is 1. The van der Waals surface area contributed by atoms with Crippen LogP contribution in [0.3, 0.4) is 0 Å². The Balaban J connectivity index is 1.61. The minimum absolute atomic E-state index is 0.0596. The molecule has 0 aromatic carbocycles. The van der Waals surface area contributed by atoms with Gasteiger partial charge in [-0.05, 0) is 73.0 Å². The molecular weight excluding hydrogens is 314 g/mol. The van der Waals surface area contributed by atoms with Crippen LogP contribution in [0.2, 0.25) is 0 Å². The Morgan fingerprint density at radius 1 is 1.08 bits per heavy atom. The molecule has 140 valence electrons. The van der Waals surface area contributed by atoms with Crippen LogP contribution in [0.5, 0.6) is 0 Å². The van der Waals surface area contributed by atoms with Crippen LogP contribution in [0.15, 0.2) is 0 Å². The average molecular weight is 347 g/mol. The molecule has 3 unspecified atom stereocenters. The molecular formula is C21H33NO3. The lowest BCUT2D eigenvalue weighted by Gasteiger charge is -2.60. The molecule has 3 saturated carbocycles. The van der Waals surface area contributed by atoms with Crippen molar-refractivity contribution in [2.45, 2.75) is 84.8 Å². The summed E-state index contributed by atoms with van der Waals surface area (Å²) in [6, 6.07) is 0.247. The molecule has 4 fully saturated rings. The zero-order chi connectivity index (χ0) is 18.0. The highest BCUT2D eigenvalue weighted by molar-refractivity contribution is 5.84. The molecule has 8 atom stereocenters. The molecule has 1 saturated heterocycles. The van der Waals surface area contributed by atoms with Crippen LogP contribution >= 0.6 is 0 Å². The molecule has 1 N–H and O–H groups in total. The van der Waals surface area contributed by atoms with E-state index in [9.17, 15) is 9.59 Å². The second kappa shape index (κ2) is 5.72. The van der Waals surface area contributed by atoms with Crippen molar-refractivity contribution in [3.05, 3.63) is 0 Å². The molecule has 0 aromatic heterocycles. The van der Waals surface area contributed by atoms with E-state index in [2.05, 4.69) is 26.1 Å². The van der Waals surface area contributed by atoms with Crippen molar-refractivity contribution in [3.63, 3.8) is 0 Å². The summed E-state index contributed by atoms with van der Waals surface area (Å²) in [6.07, 6.45) is 7.74. The monoisotopic (exact) mass is 347 g/mol. The van der Waals surface area contributed by atoms with Gasteiger partial charge in [-0.15, -0.1) is 0 Å². The second-order valence-corrected chi connectivity index (χ2v) is 9.85. The molecule has 0 radical (unpaired) electrons. The second-order valence-electron chi connectivity index (χ2n) is 9.85. The zero-order valence-electron chi connectivity index (χ0n) is 16.1. The first-order chi connectivity index (χ1) is 11.8. The first-order valence-corrected chi connectivity index (χ1v) is 10.2. The summed E-state index contributed by atoms with van der Waals surface area (Å²) in [7, 11) is 0. The van der Waals surface area contributed by atoms with Crippen molar-refractivity contribution in [2.75, 3.05) is 0 Å². The molecule has 1 amide bonds. The van der Waals surface area contributed by atoms with Gasteiger partial charge in [0.1, 0.15) is 0 Å². The van der Waals surface area contributed by atoms with Gasteiger partial charge in [0.2, 0.25) is 0 Å². The smallest absolute Gasteiger partial charge is 0.303 e. The summed E-state index contributed by atoms with van der Waals surface area (Å²) in [6.45, 7) is 8.73. The van der Waals surface area contributed by atoms with E-state index >= 15 is 0 Å². The van der Waals surface area contributed by atoms with E-state index in [0.29, 0.717) is 17.8 Å². The van der Waals surface area contributed by atoms with E-state index in [1.165, 1.54) is 39.0 Å². The third-order valence-electron chi connectivity index (χ3n) is 8.89. The third-order valence-corrected chi connectivity index (χ3v) is 8.89. The number of fused-ring (bicyclic) bond motifs is 5. The molecule has 0 spiro atoms. The van der Waals surface area contributed by atoms with E-state index in [0.717, 1.165) is 24.2 Å². The lowest BCUT2D eigenvalue weighted by atomic mass is 9.47. The fraction of sp³-hybridized carbons (Fsp3) is 0.905. The van der Waals surface area contributed by atoms with Crippen molar-refractivity contribution in [2.24, 2.45) is 34.5 Å². The molecule has 25 heavy (non-hydrogen) atoms. The number of ether oxygens (including phenoxy) is 1. The number of esters is 1. The maximum Gasteiger partial charge on any atom is 0.303 e. The fourth-order valence-electron chi connectivity index (χ4n) is 7.30. The van der Waals surface area contributed by atoms with Gasteiger partial charge in [-0.2, -0.15) is 0 Å². The highest BCUT2D eigenvalue weighted by atomic mass is 16.5. The third kappa shape index (κ3) is 2.46. The van der Waals surface area contributed by atoms with Gasteiger partial charge < -0.3 is 10.1 Å². The Morgan fingerprint density at radius 2 is 1.80 bits per heavy atom. The first-order valence-electron chi connectivity index (χ1n) is 10.2. The van der Waals surface area contributed by atoms with Crippen LogP contribution in [0.1, 0.15) is 72.6 Å². The van der Waals surface area contributed by atoms with E-state index < -0.39 is 6.10 Å². The molecule has 0 bridgehead atoms. The molecule has 0 aromatic rings. The van der Waals surface area contributed by atoms with Gasteiger partial charge in [0, 0.05) is 19.4 Å². The minimum atomic E-state index is -0.603. The molecule has 4 aliphatic rings. The summed E-state index contributed by atoms with van der Waals surface area (Å²) in [4.78, 5) is 23.8. The Labute approximate surface area is 151 Å². The van der Waals surface area contributed by atoms with Crippen molar-refractivity contribution < 1.29 is 14.3 Å². The first kappa shape index (κ1) is 17.4. The lowest BCUT2D eigenvalue weighted by molar-refractivity contribution is -0.169. The van der Waals surface area contributed by atoms with Gasteiger partial charge in [0.25, 0.3) is 5.91 Å². The number of amides is 1. The number of piperidine rings is 1. The van der Waals surface area contributed by atoms with E-state index in [-0.39, 0.29) is 23.3 Å². The van der Waals surface area contributed by atoms with Gasteiger partial charge >= 0.3 is 5.97 Å². The Kier molecular flexibility index (Phi) is 3.97. The van der Waals surface area contributed by atoms with Gasteiger partial charge in [0.15, 0.2) is 6.10 Å². The molecule has 4 rings (SSSR count). The van der Waals surface area contributed by atoms with Crippen LogP contribution in [0.4, 0.5) is 0 Å². The van der Waals surface area contributed by atoms with Gasteiger partial charge in [-0.25, -0.2) is 0 Å². The maximum absolute atomic E-state index is 12.4. The average Bonchev–Trinajstić information content (AvgIpc) is 2.84. The Hall–Kier alpha value is -1.06. The van der Waals surface area contributed by atoms with Gasteiger partial charge in [-0.3, -0.25) is 9.59 Å². The highest BCUT2D eigenvalue weighted by Gasteiger charge is 2.60.